The number of hydrogen-bond donors (Lipinski definition) is 1. The molecule has 148 valence electrons. The lowest BCUT2D eigenvalue weighted by Gasteiger charge is -2.43. The predicted molar refractivity (Wildman–Crippen MR) is 98.1 cm³/mol. The van der Waals surface area contributed by atoms with E-state index in [0.29, 0.717) is 51.4 Å². The second kappa shape index (κ2) is 9.23. The van der Waals surface area contributed by atoms with Gasteiger partial charge in [-0.15, -0.1) is 0 Å². The lowest BCUT2D eigenvalue weighted by Crippen LogP contribution is -2.58. The molecule has 0 saturated carbocycles. The number of rotatable bonds is 6. The summed E-state index contributed by atoms with van der Waals surface area (Å²) in [6, 6.07) is 0. The Hall–Kier alpha value is -2.06. The average molecular weight is 376 g/mol. The second-order valence-electron chi connectivity index (χ2n) is 7.28. The molecule has 2 aliphatic rings. The first kappa shape index (κ1) is 19.7. The summed E-state index contributed by atoms with van der Waals surface area (Å²) in [6.45, 7) is 3.01. The van der Waals surface area contributed by atoms with Crippen LogP contribution in [0.1, 0.15) is 42.6 Å². The van der Waals surface area contributed by atoms with Crippen molar-refractivity contribution in [3.8, 4) is 0 Å². The van der Waals surface area contributed by atoms with Crippen molar-refractivity contribution in [2.24, 2.45) is 5.92 Å². The molecule has 2 amide bonds. The summed E-state index contributed by atoms with van der Waals surface area (Å²) >= 11 is 0. The van der Waals surface area contributed by atoms with Gasteiger partial charge in [0.1, 0.15) is 5.69 Å². The van der Waals surface area contributed by atoms with Crippen molar-refractivity contribution in [3.05, 3.63) is 24.3 Å². The largest absolute Gasteiger partial charge is 0.385 e. The molecule has 0 bridgehead atoms. The molecule has 2 saturated heterocycles. The average Bonchev–Trinajstić information content (AvgIpc) is 2.73. The van der Waals surface area contributed by atoms with Crippen molar-refractivity contribution in [2.45, 2.75) is 37.6 Å². The van der Waals surface area contributed by atoms with Gasteiger partial charge in [0.2, 0.25) is 5.91 Å². The quantitative estimate of drug-likeness (QED) is 0.797. The first-order chi connectivity index (χ1) is 13.1. The van der Waals surface area contributed by atoms with Crippen LogP contribution in [-0.2, 0) is 14.3 Å². The Kier molecular flexibility index (Phi) is 6.73. The molecule has 1 aromatic rings. The van der Waals surface area contributed by atoms with Crippen molar-refractivity contribution in [2.75, 3.05) is 40.0 Å². The van der Waals surface area contributed by atoms with Crippen LogP contribution < -0.4 is 5.32 Å². The van der Waals surface area contributed by atoms with Crippen molar-refractivity contribution in [3.63, 3.8) is 0 Å². The summed E-state index contributed by atoms with van der Waals surface area (Å²) in [6.07, 6.45) is 8.25. The normalized spacial score (nSPS) is 20.3. The minimum absolute atomic E-state index is 0.0115. The van der Waals surface area contributed by atoms with Crippen molar-refractivity contribution >= 4 is 11.8 Å². The highest BCUT2D eigenvalue weighted by molar-refractivity contribution is 5.92. The molecule has 8 heteroatoms. The maximum absolute atomic E-state index is 12.8. The lowest BCUT2D eigenvalue weighted by atomic mass is 9.83. The maximum atomic E-state index is 12.8. The highest BCUT2D eigenvalue weighted by Gasteiger charge is 2.38. The molecule has 27 heavy (non-hydrogen) atoms. The number of nitrogens with zero attached hydrogens (tertiary/aromatic N) is 3. The number of carbonyl (C=O) groups excluding carboxylic acids is 2. The van der Waals surface area contributed by atoms with Gasteiger partial charge in [-0.3, -0.25) is 14.6 Å². The zero-order valence-corrected chi connectivity index (χ0v) is 15.9. The van der Waals surface area contributed by atoms with Gasteiger partial charge in [-0.05, 0) is 32.1 Å². The minimum atomic E-state index is -0.329. The molecule has 0 aliphatic carbocycles. The molecule has 3 rings (SSSR count). The fraction of sp³-hybridized carbons (Fsp3) is 0.684. The molecule has 0 atom stereocenters. The molecule has 1 N–H and O–H groups in total. The van der Waals surface area contributed by atoms with E-state index in [0.717, 1.165) is 19.3 Å². The molecule has 2 aliphatic heterocycles. The third-order valence-electron chi connectivity index (χ3n) is 5.56. The standard InChI is InChI=1S/C19H28N4O4/c1-26-13-6-19(22-17(24)15-2-11-27-12-3-15)4-9-23(10-5-19)18(25)16-14-20-7-8-21-16/h7-8,14-15H,2-6,9-13H2,1H3,(H,22,24). The molecule has 0 aromatic carbocycles. The van der Waals surface area contributed by atoms with Gasteiger partial charge in [0.15, 0.2) is 0 Å². The molecule has 2 fully saturated rings. The smallest absolute Gasteiger partial charge is 0.274 e. The summed E-state index contributed by atoms with van der Waals surface area (Å²) in [7, 11) is 1.67. The fourth-order valence-corrected chi connectivity index (χ4v) is 3.77. The number of piperidine rings is 1. The number of aromatic nitrogens is 2. The molecular weight excluding hydrogens is 348 g/mol. The first-order valence-electron chi connectivity index (χ1n) is 9.57. The van der Waals surface area contributed by atoms with Gasteiger partial charge in [0.25, 0.3) is 5.91 Å². The maximum Gasteiger partial charge on any atom is 0.274 e. The third-order valence-corrected chi connectivity index (χ3v) is 5.56. The van der Waals surface area contributed by atoms with Crippen LogP contribution in [0.25, 0.3) is 0 Å². The molecule has 0 spiro atoms. The van der Waals surface area contributed by atoms with Crippen LogP contribution in [0.2, 0.25) is 0 Å². The molecule has 0 radical (unpaired) electrons. The van der Waals surface area contributed by atoms with Gasteiger partial charge < -0.3 is 19.7 Å². The van der Waals surface area contributed by atoms with Crippen molar-refractivity contribution < 1.29 is 19.1 Å². The van der Waals surface area contributed by atoms with E-state index in [4.69, 9.17) is 9.47 Å². The van der Waals surface area contributed by atoms with Crippen LogP contribution in [0.5, 0.6) is 0 Å². The number of likely N-dealkylation sites (tertiary alicyclic amines) is 1. The van der Waals surface area contributed by atoms with E-state index in [1.165, 1.54) is 12.4 Å². The SMILES string of the molecule is COCCC1(NC(=O)C2CCOCC2)CCN(C(=O)c2cnccn2)CC1. The Balaban J connectivity index is 1.62. The molecule has 0 unspecified atom stereocenters. The molecule has 8 nitrogen and oxygen atoms in total. The summed E-state index contributed by atoms with van der Waals surface area (Å²) < 4.78 is 10.6. The Bertz CT molecular complexity index is 626. The molecular formula is C19H28N4O4. The van der Waals surface area contributed by atoms with E-state index >= 15 is 0 Å². The van der Waals surface area contributed by atoms with Crippen LogP contribution in [-0.4, -0.2) is 72.2 Å². The summed E-state index contributed by atoms with van der Waals surface area (Å²) in [5.41, 5.74) is 0.0259. The van der Waals surface area contributed by atoms with Crippen molar-refractivity contribution in [1.82, 2.24) is 20.2 Å². The second-order valence-corrected chi connectivity index (χ2v) is 7.28. The van der Waals surface area contributed by atoms with E-state index in [1.807, 2.05) is 0 Å². The topological polar surface area (TPSA) is 93.7 Å². The third kappa shape index (κ3) is 5.01. The van der Waals surface area contributed by atoms with E-state index in [1.54, 1.807) is 18.2 Å². The number of amides is 2. The van der Waals surface area contributed by atoms with Gasteiger partial charge in [-0.25, -0.2) is 4.98 Å². The zero-order valence-electron chi connectivity index (χ0n) is 15.9. The summed E-state index contributed by atoms with van der Waals surface area (Å²) in [5.74, 6) is -0.000252. The number of nitrogens with one attached hydrogen (secondary N) is 1. The minimum Gasteiger partial charge on any atom is -0.385 e. The van der Waals surface area contributed by atoms with Crippen LogP contribution in [0.15, 0.2) is 18.6 Å². The lowest BCUT2D eigenvalue weighted by molar-refractivity contribution is -0.130. The van der Waals surface area contributed by atoms with E-state index in [-0.39, 0.29) is 23.3 Å². The van der Waals surface area contributed by atoms with E-state index in [9.17, 15) is 9.59 Å². The van der Waals surface area contributed by atoms with Crippen LogP contribution >= 0.6 is 0 Å². The van der Waals surface area contributed by atoms with Crippen LogP contribution in [0.4, 0.5) is 0 Å². The van der Waals surface area contributed by atoms with Gasteiger partial charge in [-0.2, -0.15) is 0 Å². The van der Waals surface area contributed by atoms with Crippen LogP contribution in [0, 0.1) is 5.92 Å². The predicted octanol–water partition coefficient (Wildman–Crippen LogP) is 1.03. The Morgan fingerprint density at radius 1 is 1.30 bits per heavy atom. The fourth-order valence-electron chi connectivity index (χ4n) is 3.77. The number of methoxy groups -OCH3 is 1. The van der Waals surface area contributed by atoms with Crippen molar-refractivity contribution in [1.29, 1.82) is 0 Å². The first-order valence-corrected chi connectivity index (χ1v) is 9.57. The Morgan fingerprint density at radius 3 is 2.67 bits per heavy atom. The highest BCUT2D eigenvalue weighted by Crippen LogP contribution is 2.28. The van der Waals surface area contributed by atoms with Gasteiger partial charge in [0.05, 0.1) is 6.20 Å². The summed E-state index contributed by atoms with van der Waals surface area (Å²) in [4.78, 5) is 35.2. The monoisotopic (exact) mass is 376 g/mol. The Labute approximate surface area is 159 Å². The molecule has 1 aromatic heterocycles. The number of carbonyl (C=O) groups is 2. The van der Waals surface area contributed by atoms with Crippen LogP contribution in [0.3, 0.4) is 0 Å². The Morgan fingerprint density at radius 2 is 2.04 bits per heavy atom. The van der Waals surface area contributed by atoms with E-state index < -0.39 is 0 Å². The van der Waals surface area contributed by atoms with E-state index in [2.05, 4.69) is 15.3 Å². The van der Waals surface area contributed by atoms with Gasteiger partial charge in [0, 0.05) is 63.9 Å². The van der Waals surface area contributed by atoms with Gasteiger partial charge >= 0.3 is 0 Å². The summed E-state index contributed by atoms with van der Waals surface area (Å²) in [5, 5.41) is 3.30. The van der Waals surface area contributed by atoms with Gasteiger partial charge in [-0.1, -0.05) is 0 Å². The number of hydrogen-bond acceptors (Lipinski definition) is 6. The zero-order chi connectivity index (χ0) is 19.1. The highest BCUT2D eigenvalue weighted by atomic mass is 16.5. The molecule has 3 heterocycles. The number of ether oxygens (including phenoxy) is 2.